The van der Waals surface area contributed by atoms with Crippen LogP contribution < -0.4 is 5.43 Å². The third-order valence-corrected chi connectivity index (χ3v) is 2.71. The molecule has 5 nitrogen and oxygen atoms in total. The van der Waals surface area contributed by atoms with Gasteiger partial charge < -0.3 is 9.84 Å². The summed E-state index contributed by atoms with van der Waals surface area (Å²) in [5.41, 5.74) is 4.10. The van der Waals surface area contributed by atoms with Crippen LogP contribution >= 0.6 is 0 Å². The maximum atomic E-state index is 12.0. The number of rotatable bonds is 2. The van der Waals surface area contributed by atoms with E-state index in [0.29, 0.717) is 37.4 Å². The molecule has 0 spiro atoms. The van der Waals surface area contributed by atoms with E-state index in [0.717, 1.165) is 0 Å². The number of nitrogens with one attached hydrogen (secondary N) is 1. The van der Waals surface area contributed by atoms with Crippen molar-refractivity contribution in [3.63, 3.8) is 0 Å². The summed E-state index contributed by atoms with van der Waals surface area (Å²) >= 11 is 0. The molecule has 2 N–H and O–H groups in total. The highest BCUT2D eigenvalue weighted by Crippen LogP contribution is 2.05. The second-order valence-corrected chi connectivity index (χ2v) is 4.08. The summed E-state index contributed by atoms with van der Waals surface area (Å²) in [6, 6.07) is 7.02. The molecular formula is C14H16N2O3. The molecule has 1 aromatic rings. The van der Waals surface area contributed by atoms with Crippen LogP contribution in [0.25, 0.3) is 0 Å². The van der Waals surface area contributed by atoms with Gasteiger partial charge in [-0.1, -0.05) is 17.9 Å². The average Bonchev–Trinajstić information content (AvgIpc) is 2.46. The molecule has 2 rings (SSSR count). The Morgan fingerprint density at radius 2 is 2.21 bits per heavy atom. The van der Waals surface area contributed by atoms with Gasteiger partial charge in [-0.25, -0.2) is 5.01 Å². The van der Waals surface area contributed by atoms with E-state index in [1.165, 1.54) is 0 Å². The Kier molecular flexibility index (Phi) is 4.93. The molecule has 0 bridgehead atoms. The van der Waals surface area contributed by atoms with Crippen LogP contribution in [0.4, 0.5) is 0 Å². The minimum atomic E-state index is -0.190. The maximum absolute atomic E-state index is 12.0. The summed E-state index contributed by atoms with van der Waals surface area (Å²) in [5.74, 6) is 5.18. The molecular weight excluding hydrogens is 244 g/mol. The number of carbonyl (C=O) groups is 1. The largest absolute Gasteiger partial charge is 0.384 e. The summed E-state index contributed by atoms with van der Waals surface area (Å²) in [5, 5.41) is 10.5. The molecule has 0 unspecified atom stereocenters. The molecule has 0 radical (unpaired) electrons. The van der Waals surface area contributed by atoms with Gasteiger partial charge >= 0.3 is 0 Å². The van der Waals surface area contributed by atoms with Crippen molar-refractivity contribution in [2.75, 3.05) is 32.9 Å². The SMILES string of the molecule is O=C(NN1CCOCC1)c1cccc(C#CCO)c1. The highest BCUT2D eigenvalue weighted by Gasteiger charge is 2.14. The zero-order chi connectivity index (χ0) is 13.5. The molecule has 1 aromatic carbocycles. The third-order valence-electron chi connectivity index (χ3n) is 2.71. The second kappa shape index (κ2) is 6.90. The van der Waals surface area contributed by atoms with E-state index in [9.17, 15) is 4.79 Å². The molecule has 19 heavy (non-hydrogen) atoms. The fourth-order valence-electron chi connectivity index (χ4n) is 1.76. The number of hydrogen-bond donors (Lipinski definition) is 2. The molecule has 100 valence electrons. The molecule has 1 saturated heterocycles. The van der Waals surface area contributed by atoms with E-state index in [1.807, 2.05) is 5.01 Å². The van der Waals surface area contributed by atoms with Gasteiger partial charge in [0.05, 0.1) is 13.2 Å². The first-order valence-electron chi connectivity index (χ1n) is 6.13. The zero-order valence-corrected chi connectivity index (χ0v) is 10.6. The maximum Gasteiger partial charge on any atom is 0.265 e. The van der Waals surface area contributed by atoms with E-state index >= 15 is 0 Å². The molecule has 0 aromatic heterocycles. The monoisotopic (exact) mass is 260 g/mol. The molecule has 1 aliphatic rings. The van der Waals surface area contributed by atoms with Gasteiger partial charge in [0.25, 0.3) is 5.91 Å². The minimum absolute atomic E-state index is 0.158. The van der Waals surface area contributed by atoms with Crippen LogP contribution in [0.15, 0.2) is 24.3 Å². The van der Waals surface area contributed by atoms with Crippen molar-refractivity contribution in [3.05, 3.63) is 35.4 Å². The molecule has 0 aliphatic carbocycles. The van der Waals surface area contributed by atoms with Gasteiger partial charge in [-0.05, 0) is 18.2 Å². The smallest absolute Gasteiger partial charge is 0.265 e. The number of aliphatic hydroxyl groups excluding tert-OH is 1. The Labute approximate surface area is 112 Å². The Bertz CT molecular complexity index is 499. The minimum Gasteiger partial charge on any atom is -0.384 e. The van der Waals surface area contributed by atoms with Crippen LogP contribution in [-0.4, -0.2) is 48.9 Å². The van der Waals surface area contributed by atoms with Gasteiger partial charge in [-0.3, -0.25) is 10.2 Å². The van der Waals surface area contributed by atoms with Crippen molar-refractivity contribution in [1.82, 2.24) is 10.4 Å². The van der Waals surface area contributed by atoms with Gasteiger partial charge in [-0.2, -0.15) is 0 Å². The van der Waals surface area contributed by atoms with E-state index in [1.54, 1.807) is 24.3 Å². The number of hydrazine groups is 1. The number of morpholine rings is 1. The molecule has 1 aliphatic heterocycles. The second-order valence-electron chi connectivity index (χ2n) is 4.08. The Hall–Kier alpha value is -1.87. The first kappa shape index (κ1) is 13.6. The molecule has 1 fully saturated rings. The molecule has 0 atom stereocenters. The van der Waals surface area contributed by atoms with Crippen LogP contribution in [0.2, 0.25) is 0 Å². The van der Waals surface area contributed by atoms with Gasteiger partial charge in [0.2, 0.25) is 0 Å². The van der Waals surface area contributed by atoms with E-state index in [4.69, 9.17) is 9.84 Å². The summed E-state index contributed by atoms with van der Waals surface area (Å²) < 4.78 is 5.22. The molecule has 1 amide bonds. The van der Waals surface area contributed by atoms with Gasteiger partial charge in [0.1, 0.15) is 6.61 Å². The number of hydrogen-bond acceptors (Lipinski definition) is 4. The van der Waals surface area contributed by atoms with Crippen molar-refractivity contribution >= 4 is 5.91 Å². The van der Waals surface area contributed by atoms with Gasteiger partial charge in [0, 0.05) is 24.2 Å². The quantitative estimate of drug-likeness (QED) is 0.735. The Morgan fingerprint density at radius 3 is 2.95 bits per heavy atom. The van der Waals surface area contributed by atoms with Crippen molar-refractivity contribution in [2.45, 2.75) is 0 Å². The molecule has 1 heterocycles. The number of carbonyl (C=O) groups excluding carboxylic acids is 1. The van der Waals surface area contributed by atoms with E-state index < -0.39 is 0 Å². The lowest BCUT2D eigenvalue weighted by Gasteiger charge is -2.26. The van der Waals surface area contributed by atoms with Crippen LogP contribution in [0.1, 0.15) is 15.9 Å². The fraction of sp³-hybridized carbons (Fsp3) is 0.357. The normalized spacial score (nSPS) is 15.4. The predicted octanol–water partition coefficient (Wildman–Crippen LogP) is 0.00740. The third kappa shape index (κ3) is 4.07. The molecule has 5 heteroatoms. The van der Waals surface area contributed by atoms with Crippen molar-refractivity contribution in [2.24, 2.45) is 0 Å². The predicted molar refractivity (Wildman–Crippen MR) is 70.3 cm³/mol. The van der Waals surface area contributed by atoms with Crippen LogP contribution in [0.5, 0.6) is 0 Å². The van der Waals surface area contributed by atoms with Crippen molar-refractivity contribution in [1.29, 1.82) is 0 Å². The average molecular weight is 260 g/mol. The number of ether oxygens (including phenoxy) is 1. The van der Waals surface area contributed by atoms with Crippen molar-refractivity contribution < 1.29 is 14.6 Å². The van der Waals surface area contributed by atoms with Gasteiger partial charge in [-0.15, -0.1) is 0 Å². The van der Waals surface area contributed by atoms with Crippen LogP contribution in [0.3, 0.4) is 0 Å². The van der Waals surface area contributed by atoms with Crippen LogP contribution in [0, 0.1) is 11.8 Å². The van der Waals surface area contributed by atoms with Gasteiger partial charge in [0.15, 0.2) is 0 Å². The lowest BCUT2D eigenvalue weighted by atomic mass is 10.1. The number of nitrogens with zero attached hydrogens (tertiary/aromatic N) is 1. The molecule has 0 saturated carbocycles. The fourth-order valence-corrected chi connectivity index (χ4v) is 1.76. The van der Waals surface area contributed by atoms with E-state index in [-0.39, 0.29) is 12.5 Å². The Balaban J connectivity index is 2.01. The number of aliphatic hydroxyl groups is 1. The summed E-state index contributed by atoms with van der Waals surface area (Å²) in [7, 11) is 0. The highest BCUT2D eigenvalue weighted by atomic mass is 16.5. The standard InChI is InChI=1S/C14H16N2O3/c17-8-2-4-12-3-1-5-13(11-12)14(18)15-16-6-9-19-10-7-16/h1,3,5,11,17H,6-10H2,(H,15,18). The number of benzene rings is 1. The zero-order valence-electron chi connectivity index (χ0n) is 10.6. The summed E-state index contributed by atoms with van der Waals surface area (Å²) in [4.78, 5) is 12.0. The lowest BCUT2D eigenvalue weighted by molar-refractivity contribution is 0.0126. The summed E-state index contributed by atoms with van der Waals surface area (Å²) in [6.45, 7) is 2.44. The first-order chi connectivity index (χ1) is 9.29. The summed E-state index contributed by atoms with van der Waals surface area (Å²) in [6.07, 6.45) is 0. The highest BCUT2D eigenvalue weighted by molar-refractivity contribution is 5.94. The first-order valence-corrected chi connectivity index (χ1v) is 6.13. The van der Waals surface area contributed by atoms with E-state index in [2.05, 4.69) is 17.3 Å². The topological polar surface area (TPSA) is 61.8 Å². The Morgan fingerprint density at radius 1 is 1.42 bits per heavy atom. The number of amides is 1. The van der Waals surface area contributed by atoms with Crippen LogP contribution in [-0.2, 0) is 4.74 Å². The van der Waals surface area contributed by atoms with Crippen molar-refractivity contribution in [3.8, 4) is 11.8 Å². The lowest BCUT2D eigenvalue weighted by Crippen LogP contribution is -2.48.